The van der Waals surface area contributed by atoms with Gasteiger partial charge >= 0.3 is 0 Å². The average molecular weight is 493 g/mol. The number of thiophene rings is 1. The van der Waals surface area contributed by atoms with E-state index in [0.29, 0.717) is 0 Å². The first kappa shape index (κ1) is 19.8. The van der Waals surface area contributed by atoms with Crippen LogP contribution in [0.25, 0.3) is 20.9 Å². The minimum atomic E-state index is -0.430. The van der Waals surface area contributed by atoms with Crippen molar-refractivity contribution in [3.63, 3.8) is 0 Å². The molecular weight excluding hydrogens is 472 g/mol. The minimum absolute atomic E-state index is 0.430. The first-order valence-corrected chi connectivity index (χ1v) is 13.4. The number of benzene rings is 4. The maximum atomic E-state index is 6.08. The predicted molar refractivity (Wildman–Crippen MR) is 147 cm³/mol. The molecule has 4 aliphatic rings. The van der Waals surface area contributed by atoms with Gasteiger partial charge in [-0.15, -0.1) is 11.3 Å². The van der Waals surface area contributed by atoms with Crippen LogP contribution < -0.4 is 9.47 Å². The van der Waals surface area contributed by atoms with Crippen LogP contribution in [0.2, 0.25) is 0 Å². The first-order chi connectivity index (χ1) is 18.3. The molecule has 2 aliphatic heterocycles. The van der Waals surface area contributed by atoms with E-state index in [4.69, 9.17) is 9.47 Å². The van der Waals surface area contributed by atoms with Crippen molar-refractivity contribution in [2.75, 3.05) is 0 Å². The number of ether oxygens (including phenoxy) is 2. The zero-order valence-corrected chi connectivity index (χ0v) is 20.6. The molecule has 2 atom stereocenters. The lowest BCUT2D eigenvalue weighted by molar-refractivity contribution is 0.440. The van der Waals surface area contributed by atoms with Crippen LogP contribution in [0, 0.1) is 0 Å². The third-order valence-corrected chi connectivity index (χ3v) is 9.80. The Kier molecular flexibility index (Phi) is 3.58. The van der Waals surface area contributed by atoms with E-state index in [1.165, 1.54) is 54.3 Å². The molecule has 37 heavy (non-hydrogen) atoms. The third kappa shape index (κ3) is 2.16. The van der Waals surface area contributed by atoms with Crippen molar-refractivity contribution >= 4 is 11.3 Å². The van der Waals surface area contributed by atoms with Gasteiger partial charge in [0, 0.05) is 20.9 Å². The third-order valence-electron chi connectivity index (χ3n) is 8.54. The van der Waals surface area contributed by atoms with E-state index in [1.54, 1.807) is 0 Å². The second-order valence-electron chi connectivity index (χ2n) is 10.1. The van der Waals surface area contributed by atoms with Crippen LogP contribution in [0.4, 0.5) is 0 Å². The first-order valence-electron chi connectivity index (χ1n) is 12.6. The fraction of sp³-hybridized carbons (Fsp3) is 0.0588. The summed E-state index contributed by atoms with van der Waals surface area (Å²) in [5.74, 6) is 1.83. The van der Waals surface area contributed by atoms with Crippen LogP contribution in [0.15, 0.2) is 122 Å². The maximum absolute atomic E-state index is 6.08. The molecule has 1 aromatic heterocycles. The number of para-hydroxylation sites is 2. The lowest BCUT2D eigenvalue weighted by Crippen LogP contribution is -2.33. The number of allylic oxidation sites excluding steroid dienone is 2. The molecule has 0 saturated heterocycles. The molecule has 0 bridgehead atoms. The van der Waals surface area contributed by atoms with Gasteiger partial charge in [-0.3, -0.25) is 0 Å². The molecule has 174 valence electrons. The quantitative estimate of drug-likeness (QED) is 0.217. The molecule has 4 aromatic carbocycles. The highest BCUT2D eigenvalue weighted by Crippen LogP contribution is 2.68. The van der Waals surface area contributed by atoms with Crippen molar-refractivity contribution in [1.29, 1.82) is 0 Å². The number of hydrogen-bond acceptors (Lipinski definition) is 3. The number of rotatable bonds is 0. The number of fused-ring (bicyclic) bond motifs is 15. The molecular formula is C34H20O2S. The Labute approximate surface area is 218 Å². The molecule has 2 nitrogen and oxygen atoms in total. The fourth-order valence-electron chi connectivity index (χ4n) is 7.18. The Bertz CT molecular complexity index is 1720. The summed E-state index contributed by atoms with van der Waals surface area (Å²) in [6, 6.07) is 34.8. The molecule has 0 radical (unpaired) electrons. The minimum Gasteiger partial charge on any atom is -0.465 e. The molecule has 0 saturated carbocycles. The van der Waals surface area contributed by atoms with E-state index in [-0.39, 0.29) is 0 Å². The maximum Gasteiger partial charge on any atom is 0.131 e. The van der Waals surface area contributed by atoms with Crippen molar-refractivity contribution in [3.05, 3.63) is 155 Å². The second-order valence-corrected chi connectivity index (χ2v) is 11.1. The van der Waals surface area contributed by atoms with Crippen LogP contribution in [0.5, 0.6) is 11.5 Å². The molecule has 5 aromatic rings. The Morgan fingerprint density at radius 1 is 0.459 bits per heavy atom. The van der Waals surface area contributed by atoms with Crippen molar-refractivity contribution in [3.8, 4) is 32.4 Å². The topological polar surface area (TPSA) is 18.5 Å². The van der Waals surface area contributed by atoms with Gasteiger partial charge < -0.3 is 9.47 Å². The summed E-state index contributed by atoms with van der Waals surface area (Å²) >= 11 is 1.93. The van der Waals surface area contributed by atoms with E-state index < -0.39 is 10.8 Å². The highest BCUT2D eigenvalue weighted by atomic mass is 32.1. The average Bonchev–Trinajstić information content (AvgIpc) is 3.56. The number of hydrogen-bond donors (Lipinski definition) is 0. The summed E-state index contributed by atoms with van der Waals surface area (Å²) < 4.78 is 12.2. The van der Waals surface area contributed by atoms with Crippen molar-refractivity contribution < 1.29 is 9.47 Å². The lowest BCUT2D eigenvalue weighted by Gasteiger charge is -2.38. The zero-order chi connectivity index (χ0) is 24.2. The Morgan fingerprint density at radius 2 is 0.865 bits per heavy atom. The fourth-order valence-corrected chi connectivity index (χ4v) is 8.69. The molecule has 2 spiro atoms. The van der Waals surface area contributed by atoms with Gasteiger partial charge in [0.05, 0.1) is 23.4 Å². The van der Waals surface area contributed by atoms with Crippen LogP contribution in [-0.4, -0.2) is 0 Å². The summed E-state index contributed by atoms with van der Waals surface area (Å²) in [5.41, 5.74) is 9.55. The highest BCUT2D eigenvalue weighted by molar-refractivity contribution is 7.19. The Hall–Kier alpha value is -4.34. The van der Waals surface area contributed by atoms with E-state index in [2.05, 4.69) is 109 Å². The molecule has 0 unspecified atom stereocenters. The molecule has 0 fully saturated rings. The highest BCUT2D eigenvalue weighted by Gasteiger charge is 2.56. The van der Waals surface area contributed by atoms with Crippen LogP contribution in [-0.2, 0) is 10.8 Å². The molecule has 3 heteroatoms. The normalized spacial score (nSPS) is 22.5. The summed E-state index contributed by atoms with van der Waals surface area (Å²) in [4.78, 5) is 2.71. The molecule has 3 heterocycles. The van der Waals surface area contributed by atoms with Gasteiger partial charge in [-0.25, -0.2) is 0 Å². The van der Waals surface area contributed by atoms with Gasteiger partial charge in [0.15, 0.2) is 0 Å². The standard InChI is InChI=1S/C34H20O2S/c1-3-11-23-21(9-1)31-29(33(23)17-19-35-27-15-7-5-13-25(27)33)30-32(37-31)22-10-2-4-12-24(22)34(30)18-20-36-28-16-8-6-14-26(28)34/h1-20H/t33-,34+. The molecule has 0 amide bonds. The van der Waals surface area contributed by atoms with Gasteiger partial charge in [-0.1, -0.05) is 84.9 Å². The van der Waals surface area contributed by atoms with Gasteiger partial charge in [-0.05, 0) is 57.7 Å². The van der Waals surface area contributed by atoms with Crippen LogP contribution in [0.3, 0.4) is 0 Å². The van der Waals surface area contributed by atoms with Crippen molar-refractivity contribution in [2.45, 2.75) is 10.8 Å². The SMILES string of the molecule is C1=C[C@]2(c3ccccc3O1)c1ccccc1-c1sc3c(c12)[C@@]1(C=COc2ccccc21)c1ccccc1-3. The summed E-state index contributed by atoms with van der Waals surface area (Å²) in [6.45, 7) is 0. The monoisotopic (exact) mass is 492 g/mol. The van der Waals surface area contributed by atoms with E-state index >= 15 is 0 Å². The van der Waals surface area contributed by atoms with Crippen LogP contribution in [0.1, 0.15) is 33.4 Å². The molecule has 9 rings (SSSR count). The predicted octanol–water partition coefficient (Wildman–Crippen LogP) is 8.19. The lowest BCUT2D eigenvalue weighted by atomic mass is 9.64. The van der Waals surface area contributed by atoms with E-state index in [9.17, 15) is 0 Å². The smallest absolute Gasteiger partial charge is 0.131 e. The van der Waals surface area contributed by atoms with Gasteiger partial charge in [0.1, 0.15) is 11.5 Å². The van der Waals surface area contributed by atoms with Gasteiger partial charge in [0.25, 0.3) is 0 Å². The summed E-state index contributed by atoms with van der Waals surface area (Å²) in [5, 5.41) is 0. The van der Waals surface area contributed by atoms with Crippen molar-refractivity contribution in [1.82, 2.24) is 0 Å². The van der Waals surface area contributed by atoms with E-state index in [0.717, 1.165) is 11.5 Å². The van der Waals surface area contributed by atoms with Crippen molar-refractivity contribution in [2.24, 2.45) is 0 Å². The van der Waals surface area contributed by atoms with Crippen LogP contribution >= 0.6 is 11.3 Å². The van der Waals surface area contributed by atoms with Gasteiger partial charge in [0.2, 0.25) is 0 Å². The summed E-state index contributed by atoms with van der Waals surface area (Å²) in [6.07, 6.45) is 8.33. The Balaban J connectivity index is 1.49. The molecule has 0 N–H and O–H groups in total. The van der Waals surface area contributed by atoms with E-state index in [1.807, 2.05) is 23.9 Å². The van der Waals surface area contributed by atoms with Gasteiger partial charge in [-0.2, -0.15) is 0 Å². The Morgan fingerprint density at radius 3 is 1.35 bits per heavy atom. The molecule has 2 aliphatic carbocycles. The largest absolute Gasteiger partial charge is 0.465 e. The second kappa shape index (κ2) is 6.70. The zero-order valence-electron chi connectivity index (χ0n) is 19.8. The summed E-state index contributed by atoms with van der Waals surface area (Å²) in [7, 11) is 0.